The lowest BCUT2D eigenvalue weighted by Gasteiger charge is -2.29. The van der Waals surface area contributed by atoms with Crippen molar-refractivity contribution in [2.45, 2.75) is 44.6 Å². The molecule has 0 spiro atoms. The van der Waals surface area contributed by atoms with Crippen LogP contribution in [-0.4, -0.2) is 37.6 Å². The van der Waals surface area contributed by atoms with Crippen molar-refractivity contribution in [1.82, 2.24) is 10.2 Å². The van der Waals surface area contributed by atoms with Gasteiger partial charge in [-0.05, 0) is 49.8 Å². The Morgan fingerprint density at radius 2 is 1.70 bits per heavy atom. The quantitative estimate of drug-likeness (QED) is 0.906. The van der Waals surface area contributed by atoms with Crippen molar-refractivity contribution in [3.63, 3.8) is 0 Å². The Kier molecular flexibility index (Phi) is 4.74. The van der Waals surface area contributed by atoms with Gasteiger partial charge in [-0.1, -0.05) is 37.1 Å². The first-order valence-corrected chi connectivity index (χ1v) is 8.33. The minimum atomic E-state index is 0.693. The van der Waals surface area contributed by atoms with Gasteiger partial charge in [0.05, 0.1) is 0 Å². The molecule has 3 rings (SSSR count). The van der Waals surface area contributed by atoms with Crippen molar-refractivity contribution in [3.8, 4) is 0 Å². The second-order valence-corrected chi connectivity index (χ2v) is 6.51. The molecule has 0 radical (unpaired) electrons. The van der Waals surface area contributed by atoms with Gasteiger partial charge in [0.25, 0.3) is 0 Å². The molecule has 2 heteroatoms. The van der Waals surface area contributed by atoms with Crippen LogP contribution in [0.2, 0.25) is 0 Å². The van der Waals surface area contributed by atoms with Crippen molar-refractivity contribution in [2.24, 2.45) is 5.92 Å². The van der Waals surface area contributed by atoms with Crippen molar-refractivity contribution >= 4 is 0 Å². The van der Waals surface area contributed by atoms with Gasteiger partial charge in [-0.2, -0.15) is 0 Å². The van der Waals surface area contributed by atoms with Crippen molar-refractivity contribution in [1.29, 1.82) is 0 Å². The van der Waals surface area contributed by atoms with E-state index in [4.69, 9.17) is 0 Å². The number of fused-ring (bicyclic) bond motifs is 1. The third-order valence-electron chi connectivity index (χ3n) is 5.31. The van der Waals surface area contributed by atoms with Gasteiger partial charge in [0.1, 0.15) is 0 Å². The molecular formula is C18H28N2. The van der Waals surface area contributed by atoms with Crippen molar-refractivity contribution < 1.29 is 0 Å². The Labute approximate surface area is 123 Å². The summed E-state index contributed by atoms with van der Waals surface area (Å²) in [5.74, 6) is 0.908. The summed E-state index contributed by atoms with van der Waals surface area (Å²) in [7, 11) is 2.15. The topological polar surface area (TPSA) is 15.3 Å². The number of benzene rings is 1. The van der Waals surface area contributed by atoms with E-state index in [-0.39, 0.29) is 0 Å². The summed E-state index contributed by atoms with van der Waals surface area (Å²) in [6.45, 7) is 3.68. The lowest BCUT2D eigenvalue weighted by atomic mass is 9.97. The Hall–Kier alpha value is -0.860. The second-order valence-electron chi connectivity index (χ2n) is 6.51. The van der Waals surface area contributed by atoms with Crippen molar-refractivity contribution in [2.75, 3.05) is 26.7 Å². The molecule has 1 aromatic carbocycles. The summed E-state index contributed by atoms with van der Waals surface area (Å²) in [5.41, 5.74) is 3.13. The van der Waals surface area contributed by atoms with Crippen LogP contribution >= 0.6 is 0 Å². The zero-order chi connectivity index (χ0) is 13.8. The monoisotopic (exact) mass is 272 g/mol. The highest BCUT2D eigenvalue weighted by atomic mass is 15.1. The predicted molar refractivity (Wildman–Crippen MR) is 85.1 cm³/mol. The maximum Gasteiger partial charge on any atom is 0.0220 e. The summed E-state index contributed by atoms with van der Waals surface area (Å²) in [6, 6.07) is 9.68. The van der Waals surface area contributed by atoms with E-state index < -0.39 is 0 Å². The number of nitrogens with one attached hydrogen (secondary N) is 1. The molecule has 20 heavy (non-hydrogen) atoms. The number of hydrogen-bond acceptors (Lipinski definition) is 2. The number of likely N-dealkylation sites (N-methyl/N-ethyl adjacent to an activating group) is 1. The molecule has 1 atom stereocenters. The fourth-order valence-corrected chi connectivity index (χ4v) is 4.01. The van der Waals surface area contributed by atoms with E-state index in [0.29, 0.717) is 6.04 Å². The van der Waals surface area contributed by atoms with Gasteiger partial charge in [0.2, 0.25) is 0 Å². The highest BCUT2D eigenvalue weighted by Crippen LogP contribution is 2.28. The molecule has 0 saturated heterocycles. The van der Waals surface area contributed by atoms with Crippen LogP contribution < -0.4 is 5.32 Å². The zero-order valence-electron chi connectivity index (χ0n) is 12.8. The first-order chi connectivity index (χ1) is 9.86. The Balaban J connectivity index is 1.59. The molecule has 2 nitrogen and oxygen atoms in total. The number of nitrogens with zero attached hydrogens (tertiary/aromatic N) is 1. The summed E-state index contributed by atoms with van der Waals surface area (Å²) >= 11 is 0. The summed E-state index contributed by atoms with van der Waals surface area (Å²) in [6.07, 6.45) is 8.18. The molecule has 1 saturated carbocycles. The van der Waals surface area contributed by atoms with Crippen LogP contribution in [0.4, 0.5) is 0 Å². The third kappa shape index (κ3) is 3.24. The summed E-state index contributed by atoms with van der Waals surface area (Å²) < 4.78 is 0. The van der Waals surface area contributed by atoms with Gasteiger partial charge >= 0.3 is 0 Å². The molecule has 1 N–H and O–H groups in total. The Morgan fingerprint density at radius 1 is 1.10 bits per heavy atom. The SMILES string of the molecule is CNC(CN1CCc2ccccc2CC1)C1CCCC1. The van der Waals surface area contributed by atoms with Gasteiger partial charge in [-0.25, -0.2) is 0 Å². The van der Waals surface area contributed by atoms with Crippen LogP contribution in [0.15, 0.2) is 24.3 Å². The minimum absolute atomic E-state index is 0.693. The van der Waals surface area contributed by atoms with E-state index in [2.05, 4.69) is 41.5 Å². The predicted octanol–water partition coefficient (Wildman–Crippen LogP) is 2.87. The van der Waals surface area contributed by atoms with E-state index in [1.165, 1.54) is 58.2 Å². The van der Waals surface area contributed by atoms with Gasteiger partial charge in [-0.3, -0.25) is 0 Å². The molecule has 1 aromatic rings. The summed E-state index contributed by atoms with van der Waals surface area (Å²) in [5, 5.41) is 3.59. The highest BCUT2D eigenvalue weighted by Gasteiger charge is 2.26. The molecule has 1 aliphatic heterocycles. The van der Waals surface area contributed by atoms with E-state index in [1.807, 2.05) is 0 Å². The minimum Gasteiger partial charge on any atom is -0.315 e. The molecule has 0 aromatic heterocycles. The molecule has 1 aliphatic carbocycles. The zero-order valence-corrected chi connectivity index (χ0v) is 12.8. The van der Waals surface area contributed by atoms with Crippen LogP contribution in [0.5, 0.6) is 0 Å². The first kappa shape index (κ1) is 14.1. The second kappa shape index (κ2) is 6.73. The van der Waals surface area contributed by atoms with Crippen LogP contribution in [0.1, 0.15) is 36.8 Å². The van der Waals surface area contributed by atoms with E-state index >= 15 is 0 Å². The maximum atomic E-state index is 3.59. The molecular weight excluding hydrogens is 244 g/mol. The molecule has 2 aliphatic rings. The number of rotatable bonds is 4. The van der Waals surface area contributed by atoms with E-state index in [0.717, 1.165) is 5.92 Å². The summed E-state index contributed by atoms with van der Waals surface area (Å²) in [4.78, 5) is 2.68. The highest BCUT2D eigenvalue weighted by molar-refractivity contribution is 5.28. The van der Waals surface area contributed by atoms with Crippen LogP contribution in [0, 0.1) is 5.92 Å². The Morgan fingerprint density at radius 3 is 2.25 bits per heavy atom. The fourth-order valence-electron chi connectivity index (χ4n) is 4.01. The molecule has 1 unspecified atom stereocenters. The average Bonchev–Trinajstić information content (AvgIpc) is 2.94. The fraction of sp³-hybridized carbons (Fsp3) is 0.667. The van der Waals surface area contributed by atoms with Gasteiger partial charge < -0.3 is 10.2 Å². The lowest BCUT2D eigenvalue weighted by molar-refractivity contribution is 0.221. The average molecular weight is 272 g/mol. The largest absolute Gasteiger partial charge is 0.315 e. The van der Waals surface area contributed by atoms with Crippen LogP contribution in [0.25, 0.3) is 0 Å². The van der Waals surface area contributed by atoms with Crippen LogP contribution in [-0.2, 0) is 12.8 Å². The molecule has 0 bridgehead atoms. The van der Waals surface area contributed by atoms with Gasteiger partial charge in [0, 0.05) is 25.7 Å². The van der Waals surface area contributed by atoms with Gasteiger partial charge in [0.15, 0.2) is 0 Å². The van der Waals surface area contributed by atoms with E-state index in [9.17, 15) is 0 Å². The van der Waals surface area contributed by atoms with Crippen LogP contribution in [0.3, 0.4) is 0 Å². The molecule has 0 amide bonds. The smallest absolute Gasteiger partial charge is 0.0220 e. The standard InChI is InChI=1S/C18H28N2/c1-19-18(17-8-4-5-9-17)14-20-12-10-15-6-2-3-7-16(15)11-13-20/h2-3,6-7,17-19H,4-5,8-14H2,1H3. The molecule has 1 fully saturated rings. The molecule has 110 valence electrons. The normalized spacial score (nSPS) is 22.4. The third-order valence-corrected chi connectivity index (χ3v) is 5.31. The maximum absolute atomic E-state index is 3.59. The first-order valence-electron chi connectivity index (χ1n) is 8.33. The lowest BCUT2D eigenvalue weighted by Crippen LogP contribution is -2.44. The Bertz CT molecular complexity index is 396. The van der Waals surface area contributed by atoms with Gasteiger partial charge in [-0.15, -0.1) is 0 Å². The van der Waals surface area contributed by atoms with E-state index in [1.54, 1.807) is 11.1 Å². The molecule has 1 heterocycles. The number of hydrogen-bond donors (Lipinski definition) is 1. The van der Waals surface area contributed by atoms with Crippen molar-refractivity contribution in [3.05, 3.63) is 35.4 Å².